The van der Waals surface area contributed by atoms with E-state index >= 15 is 0 Å². The van der Waals surface area contributed by atoms with Crippen molar-refractivity contribution in [2.75, 3.05) is 32.9 Å². The van der Waals surface area contributed by atoms with Crippen molar-refractivity contribution < 1.29 is 33.4 Å². The number of amides is 3. The summed E-state index contributed by atoms with van der Waals surface area (Å²) in [4.78, 5) is 46.6. The van der Waals surface area contributed by atoms with Crippen LogP contribution in [0.4, 0.5) is 4.79 Å². The predicted octanol–water partition coefficient (Wildman–Crippen LogP) is -0.296. The van der Waals surface area contributed by atoms with Crippen LogP contribution in [0.2, 0.25) is 0 Å². The van der Waals surface area contributed by atoms with Gasteiger partial charge in [0.2, 0.25) is 0 Å². The first kappa shape index (κ1) is 17.3. The lowest BCUT2D eigenvalue weighted by atomic mass is 10.3. The van der Waals surface area contributed by atoms with Gasteiger partial charge in [-0.05, 0) is 12.1 Å². The highest BCUT2D eigenvalue weighted by molar-refractivity contribution is 5.94. The lowest BCUT2D eigenvalue weighted by molar-refractivity contribution is -0.150. The Balaban J connectivity index is 1.61. The zero-order valence-corrected chi connectivity index (χ0v) is 12.7. The molecule has 1 heterocycles. The molecule has 1 aromatic carbocycles. The minimum absolute atomic E-state index is 0.121. The molecule has 24 heavy (non-hydrogen) atoms. The van der Waals surface area contributed by atoms with Crippen LogP contribution in [0.3, 0.4) is 0 Å². The minimum Gasteiger partial charge on any atom is -0.484 e. The van der Waals surface area contributed by atoms with Crippen molar-refractivity contribution in [1.29, 1.82) is 0 Å². The molecular formula is C15H16N2O7. The topological polar surface area (TPSA) is 111 Å². The molecule has 0 unspecified atom stereocenters. The number of para-hydroxylation sites is 1. The zero-order valence-electron chi connectivity index (χ0n) is 12.7. The molecule has 0 spiro atoms. The van der Waals surface area contributed by atoms with E-state index in [0.29, 0.717) is 5.75 Å². The Morgan fingerprint density at radius 2 is 1.92 bits per heavy atom. The summed E-state index contributed by atoms with van der Waals surface area (Å²) in [6.45, 7) is -1.01. The first-order valence-electron chi connectivity index (χ1n) is 7.13. The summed E-state index contributed by atoms with van der Waals surface area (Å²) in [5.74, 6) is -1.46. The summed E-state index contributed by atoms with van der Waals surface area (Å²) < 4.78 is 14.5. The van der Waals surface area contributed by atoms with Gasteiger partial charge in [0.1, 0.15) is 18.9 Å². The fourth-order valence-corrected chi connectivity index (χ4v) is 1.78. The average Bonchev–Trinajstić information content (AvgIpc) is 3.03. The van der Waals surface area contributed by atoms with Crippen LogP contribution in [0.1, 0.15) is 0 Å². The summed E-state index contributed by atoms with van der Waals surface area (Å²) >= 11 is 0. The molecule has 1 aliphatic heterocycles. The van der Waals surface area contributed by atoms with E-state index in [0.717, 1.165) is 4.90 Å². The second-order valence-corrected chi connectivity index (χ2v) is 4.70. The van der Waals surface area contributed by atoms with Crippen molar-refractivity contribution in [2.45, 2.75) is 0 Å². The number of hydrogen-bond acceptors (Lipinski definition) is 7. The van der Waals surface area contributed by atoms with E-state index in [9.17, 15) is 19.2 Å². The molecule has 9 heteroatoms. The quantitative estimate of drug-likeness (QED) is 0.681. The number of cyclic esters (lactones) is 1. The summed E-state index contributed by atoms with van der Waals surface area (Å²) in [5.41, 5.74) is 0. The van der Waals surface area contributed by atoms with E-state index in [2.05, 4.69) is 14.8 Å². The maximum absolute atomic E-state index is 11.6. The van der Waals surface area contributed by atoms with Crippen LogP contribution in [-0.4, -0.2) is 61.7 Å². The highest BCUT2D eigenvalue weighted by Gasteiger charge is 2.28. The Kier molecular flexibility index (Phi) is 6.12. The number of carbonyl (C=O) groups excluding carboxylic acids is 4. The van der Waals surface area contributed by atoms with Gasteiger partial charge in [-0.25, -0.2) is 9.69 Å². The molecule has 1 aliphatic rings. The van der Waals surface area contributed by atoms with E-state index in [-0.39, 0.29) is 19.8 Å². The van der Waals surface area contributed by atoms with Gasteiger partial charge in [-0.1, -0.05) is 18.2 Å². The van der Waals surface area contributed by atoms with Gasteiger partial charge in [0.25, 0.3) is 11.8 Å². The van der Waals surface area contributed by atoms with Gasteiger partial charge in [0, 0.05) is 0 Å². The minimum atomic E-state index is -0.802. The average molecular weight is 336 g/mol. The smallest absolute Gasteiger partial charge is 0.416 e. The van der Waals surface area contributed by atoms with Crippen LogP contribution in [-0.2, 0) is 23.9 Å². The van der Waals surface area contributed by atoms with Crippen molar-refractivity contribution in [1.82, 2.24) is 10.2 Å². The molecule has 1 saturated heterocycles. The molecule has 1 aromatic rings. The maximum atomic E-state index is 11.6. The predicted molar refractivity (Wildman–Crippen MR) is 79.0 cm³/mol. The third-order valence-electron chi connectivity index (χ3n) is 2.96. The number of imide groups is 1. The number of nitrogens with zero attached hydrogens (tertiary/aromatic N) is 1. The number of carbonyl (C=O) groups is 4. The molecular weight excluding hydrogens is 320 g/mol. The van der Waals surface area contributed by atoms with Crippen molar-refractivity contribution in [3.8, 4) is 5.75 Å². The first-order valence-corrected chi connectivity index (χ1v) is 7.13. The normalized spacial score (nSPS) is 13.2. The van der Waals surface area contributed by atoms with E-state index in [1.165, 1.54) is 0 Å². The molecule has 1 fully saturated rings. The molecule has 0 bridgehead atoms. The molecule has 2 rings (SSSR count). The second kappa shape index (κ2) is 8.51. The zero-order chi connectivity index (χ0) is 17.4. The summed E-state index contributed by atoms with van der Waals surface area (Å²) in [6, 6.07) is 8.72. The van der Waals surface area contributed by atoms with Crippen molar-refractivity contribution in [3.05, 3.63) is 30.3 Å². The summed E-state index contributed by atoms with van der Waals surface area (Å²) in [5, 5.41) is 2.30. The van der Waals surface area contributed by atoms with Gasteiger partial charge in [0.15, 0.2) is 13.2 Å². The van der Waals surface area contributed by atoms with E-state index < -0.39 is 37.0 Å². The maximum Gasteiger partial charge on any atom is 0.416 e. The molecule has 0 atom stereocenters. The van der Waals surface area contributed by atoms with Crippen LogP contribution in [0.5, 0.6) is 5.75 Å². The SMILES string of the molecule is O=C(COc1ccccc1)NCC(=O)OCC(=O)N1CCOC1=O. The molecule has 128 valence electrons. The Hall–Kier alpha value is -3.10. The number of ether oxygens (including phenoxy) is 3. The van der Waals surface area contributed by atoms with Crippen LogP contribution in [0.15, 0.2) is 30.3 Å². The number of hydrogen-bond donors (Lipinski definition) is 1. The molecule has 1 N–H and O–H groups in total. The summed E-state index contributed by atoms with van der Waals surface area (Å²) in [6.07, 6.45) is -0.762. The lowest BCUT2D eigenvalue weighted by Gasteiger charge is -2.11. The Labute approximate surface area is 137 Å². The molecule has 0 saturated carbocycles. The van der Waals surface area contributed by atoms with Crippen LogP contribution in [0, 0.1) is 0 Å². The van der Waals surface area contributed by atoms with Crippen molar-refractivity contribution in [3.63, 3.8) is 0 Å². The highest BCUT2D eigenvalue weighted by atomic mass is 16.6. The number of rotatable bonds is 7. The van der Waals surface area contributed by atoms with E-state index in [4.69, 9.17) is 4.74 Å². The third-order valence-corrected chi connectivity index (χ3v) is 2.96. The molecule has 3 amide bonds. The van der Waals surface area contributed by atoms with Gasteiger partial charge in [-0.3, -0.25) is 14.4 Å². The Morgan fingerprint density at radius 3 is 2.58 bits per heavy atom. The van der Waals surface area contributed by atoms with Crippen LogP contribution >= 0.6 is 0 Å². The standard InChI is InChI=1S/C15H16N2O7/c18-12(9-23-11-4-2-1-3-5-11)16-8-14(20)24-10-13(19)17-6-7-22-15(17)21/h1-5H,6-10H2,(H,16,18). The number of nitrogens with one attached hydrogen (secondary N) is 1. The van der Waals surface area contributed by atoms with Gasteiger partial charge in [-0.15, -0.1) is 0 Å². The first-order chi connectivity index (χ1) is 11.6. The van der Waals surface area contributed by atoms with Crippen LogP contribution in [0.25, 0.3) is 0 Å². The van der Waals surface area contributed by atoms with Crippen molar-refractivity contribution in [2.24, 2.45) is 0 Å². The van der Waals surface area contributed by atoms with Crippen LogP contribution < -0.4 is 10.1 Å². The second-order valence-electron chi connectivity index (χ2n) is 4.70. The van der Waals surface area contributed by atoms with Gasteiger partial charge >= 0.3 is 12.1 Å². The number of benzene rings is 1. The van der Waals surface area contributed by atoms with Gasteiger partial charge < -0.3 is 19.5 Å². The summed E-state index contributed by atoms with van der Waals surface area (Å²) in [7, 11) is 0. The fourth-order valence-electron chi connectivity index (χ4n) is 1.78. The van der Waals surface area contributed by atoms with E-state index in [1.807, 2.05) is 6.07 Å². The Morgan fingerprint density at radius 1 is 1.17 bits per heavy atom. The Bertz CT molecular complexity index is 618. The van der Waals surface area contributed by atoms with Gasteiger partial charge in [0.05, 0.1) is 6.54 Å². The lowest BCUT2D eigenvalue weighted by Crippen LogP contribution is -2.38. The highest BCUT2D eigenvalue weighted by Crippen LogP contribution is 2.07. The van der Waals surface area contributed by atoms with E-state index in [1.54, 1.807) is 24.3 Å². The molecule has 0 aliphatic carbocycles. The molecule has 0 radical (unpaired) electrons. The number of esters is 1. The third kappa shape index (κ3) is 5.27. The molecule has 0 aromatic heterocycles. The van der Waals surface area contributed by atoms with Crippen molar-refractivity contribution >= 4 is 23.9 Å². The fraction of sp³-hybridized carbons (Fsp3) is 0.333. The largest absolute Gasteiger partial charge is 0.484 e. The monoisotopic (exact) mass is 336 g/mol. The molecule has 9 nitrogen and oxygen atoms in total. The van der Waals surface area contributed by atoms with Gasteiger partial charge in [-0.2, -0.15) is 0 Å².